The van der Waals surface area contributed by atoms with E-state index in [-0.39, 0.29) is 131 Å². The number of aliphatic hydroxyl groups excluding tert-OH is 18. The zero-order chi connectivity index (χ0) is 53.4. The summed E-state index contributed by atoms with van der Waals surface area (Å²) >= 11 is 0. The highest BCUT2D eigenvalue weighted by molar-refractivity contribution is 4.80. The van der Waals surface area contributed by atoms with Crippen molar-refractivity contribution >= 4 is 0 Å². The van der Waals surface area contributed by atoms with Gasteiger partial charge < -0.3 is 106 Å². The first-order chi connectivity index (χ1) is 31.3. The van der Waals surface area contributed by atoms with Gasteiger partial charge in [-0.05, 0) is 51.9 Å². The van der Waals surface area contributed by atoms with Crippen molar-refractivity contribution in [3.05, 3.63) is 0 Å². The number of hydrogen-bond donors (Lipinski definition) is 18. The fourth-order valence-corrected chi connectivity index (χ4v) is 3.39. The molecule has 0 fully saturated rings. The molecule has 0 spiro atoms. The van der Waals surface area contributed by atoms with Gasteiger partial charge >= 0.3 is 0 Å². The van der Waals surface area contributed by atoms with E-state index in [1.807, 2.05) is 62.3 Å². The second-order valence-corrected chi connectivity index (χ2v) is 15.9. The van der Waals surface area contributed by atoms with Crippen molar-refractivity contribution in [1.82, 2.24) is 0 Å². The lowest BCUT2D eigenvalue weighted by Gasteiger charge is -2.32. The SMILES string of the molecule is C.C.CCC(C)(CO)CO.CCC(CC)(CO)CO.CCC(CO)(CO)CO.CCC(CO)(CO)COCC(CO)(CO)CO.CCC(O)CO.CCCOCCO.CCOCCO.OCCO. The third kappa shape index (κ3) is 54.5. The Labute approximate surface area is 412 Å². The Morgan fingerprint density at radius 1 is 0.353 bits per heavy atom. The smallest absolute Gasteiger partial charge is 0.0768 e. The lowest BCUT2D eigenvalue weighted by molar-refractivity contribution is -0.0921. The van der Waals surface area contributed by atoms with Crippen LogP contribution in [0.2, 0.25) is 0 Å². The van der Waals surface area contributed by atoms with E-state index in [9.17, 15) is 10.2 Å². The van der Waals surface area contributed by atoms with Crippen molar-refractivity contribution in [1.29, 1.82) is 0 Å². The van der Waals surface area contributed by atoms with Gasteiger partial charge in [0, 0.05) is 34.9 Å². The molecule has 0 bridgehead atoms. The van der Waals surface area contributed by atoms with Crippen molar-refractivity contribution in [3.8, 4) is 0 Å². The Morgan fingerprint density at radius 2 is 0.676 bits per heavy atom. The third-order valence-electron chi connectivity index (χ3n) is 10.6. The summed E-state index contributed by atoms with van der Waals surface area (Å²) in [4.78, 5) is 0. The van der Waals surface area contributed by atoms with Gasteiger partial charge in [0.2, 0.25) is 0 Å². The normalized spacial score (nSPS) is 11.3. The van der Waals surface area contributed by atoms with Gasteiger partial charge in [0.05, 0.1) is 150 Å². The first kappa shape index (κ1) is 90.0. The summed E-state index contributed by atoms with van der Waals surface area (Å²) in [6, 6.07) is 0. The maximum Gasteiger partial charge on any atom is 0.0768 e. The molecule has 0 radical (unpaired) electrons. The fraction of sp³-hybridized carbons (Fsp3) is 1.00. The van der Waals surface area contributed by atoms with Crippen LogP contribution >= 0.6 is 0 Å². The van der Waals surface area contributed by atoms with Crippen LogP contribution in [-0.2, 0) is 14.2 Å². The third-order valence-corrected chi connectivity index (χ3v) is 10.6. The van der Waals surface area contributed by atoms with Crippen LogP contribution in [0.5, 0.6) is 0 Å². The number of hydrogen-bond acceptors (Lipinski definition) is 21. The van der Waals surface area contributed by atoms with Crippen LogP contribution in [-0.4, -0.2) is 250 Å². The average molecular weight is 1020 g/mol. The van der Waals surface area contributed by atoms with Crippen LogP contribution in [0.4, 0.5) is 0 Å². The van der Waals surface area contributed by atoms with Crippen LogP contribution in [0.15, 0.2) is 0 Å². The summed E-state index contributed by atoms with van der Waals surface area (Å²) in [6.07, 6.45) is 4.80. The van der Waals surface area contributed by atoms with E-state index in [0.29, 0.717) is 39.1 Å². The van der Waals surface area contributed by atoms with Crippen molar-refractivity contribution in [2.75, 3.05) is 152 Å². The molecule has 68 heavy (non-hydrogen) atoms. The molecule has 0 rings (SSSR count). The molecule has 0 aliphatic rings. The number of aliphatic hydroxyl groups is 18. The maximum absolute atomic E-state index is 9.19. The van der Waals surface area contributed by atoms with Gasteiger partial charge in [-0.25, -0.2) is 0 Å². The van der Waals surface area contributed by atoms with Gasteiger partial charge in [-0.15, -0.1) is 0 Å². The molecule has 0 aromatic carbocycles. The molecule has 0 amide bonds. The molecule has 428 valence electrons. The molecule has 0 aliphatic carbocycles. The summed E-state index contributed by atoms with van der Waals surface area (Å²) in [6.45, 7) is 17.8. The Morgan fingerprint density at radius 3 is 0.809 bits per heavy atom. The first-order valence-electron chi connectivity index (χ1n) is 23.1. The summed E-state index contributed by atoms with van der Waals surface area (Å²) in [5.41, 5.74) is -2.95. The molecule has 21 nitrogen and oxygen atoms in total. The Bertz CT molecular complexity index is 715. The minimum absolute atomic E-state index is 0. The second-order valence-electron chi connectivity index (χ2n) is 15.9. The molecule has 0 heterocycles. The van der Waals surface area contributed by atoms with Crippen LogP contribution in [0.25, 0.3) is 0 Å². The largest absolute Gasteiger partial charge is 0.396 e. The van der Waals surface area contributed by atoms with Gasteiger partial charge in [-0.2, -0.15) is 0 Å². The zero-order valence-corrected chi connectivity index (χ0v) is 42.6. The van der Waals surface area contributed by atoms with Crippen LogP contribution < -0.4 is 0 Å². The molecule has 1 unspecified atom stereocenters. The van der Waals surface area contributed by atoms with Crippen LogP contribution in [0.1, 0.15) is 122 Å². The van der Waals surface area contributed by atoms with E-state index < -0.39 is 42.2 Å². The molecular weight excluding hydrogens is 900 g/mol. The van der Waals surface area contributed by atoms with Gasteiger partial charge in [0.1, 0.15) is 0 Å². The standard InChI is InChI=1S/C11H24O6.C7H16O2.C6H14O3.C6H14O2.C5H12O2.2C4H10O2.C2H6O2.2CH4/c1-2-10(3-12,4-13)8-17-9-11(5-14,6-15)7-16;1-3-7(4-2,5-8)6-9;1-2-6(3-7,4-8)5-9;1-3-6(2,4-7)5-8;1-2-4-7-5-3-6;1-2-6-4-3-5;1-2-4(6)3-5;3-1-2-4;;/h12-16H,2-9H2,1H3;8-9H,3-6H2,1-2H3;7-9H,2-5H2,1H3;7-8H,3-5H2,1-2H3;6H,2-5H2,1H3;5H,2-4H2,1H3;4-6H,2-3H2,1H3;3-4H,1-2H2;2*1H4. The van der Waals surface area contributed by atoms with Crippen molar-refractivity contribution in [3.63, 3.8) is 0 Å². The lowest BCUT2D eigenvalue weighted by Crippen LogP contribution is -2.41. The molecule has 0 aromatic rings. The minimum atomic E-state index is -1.08. The number of rotatable bonds is 31. The van der Waals surface area contributed by atoms with E-state index in [1.165, 1.54) is 0 Å². The Kier molecular flexibility index (Phi) is 87.5. The fourth-order valence-electron chi connectivity index (χ4n) is 3.39. The zero-order valence-electron chi connectivity index (χ0n) is 42.6. The monoisotopic (exact) mass is 1010 g/mol. The molecule has 1 atom stereocenters. The van der Waals surface area contributed by atoms with Gasteiger partial charge in [0.25, 0.3) is 0 Å². The Hall–Kier alpha value is -0.840. The summed E-state index contributed by atoms with van der Waals surface area (Å²) < 4.78 is 14.9. The molecule has 0 aromatic heterocycles. The summed E-state index contributed by atoms with van der Waals surface area (Å²) in [7, 11) is 0. The highest BCUT2D eigenvalue weighted by Gasteiger charge is 2.32. The van der Waals surface area contributed by atoms with Gasteiger partial charge in [-0.3, -0.25) is 0 Å². The van der Waals surface area contributed by atoms with Gasteiger partial charge in [0.15, 0.2) is 0 Å². The molecule has 0 aliphatic heterocycles. The van der Waals surface area contributed by atoms with Crippen molar-refractivity contribution in [2.45, 2.75) is 128 Å². The highest BCUT2D eigenvalue weighted by atomic mass is 16.5. The Balaban J connectivity index is -0.0000000731. The van der Waals surface area contributed by atoms with E-state index >= 15 is 0 Å². The predicted octanol–water partition coefficient (Wildman–Crippen LogP) is -0.715. The maximum atomic E-state index is 9.19. The topological polar surface area (TPSA) is 392 Å². The quantitative estimate of drug-likeness (QED) is 0.0381. The molecule has 21 heteroatoms. The molecular formula is C47H114O21. The van der Waals surface area contributed by atoms with Crippen LogP contribution in [0, 0.1) is 27.1 Å². The lowest BCUT2D eigenvalue weighted by atomic mass is 9.84. The van der Waals surface area contributed by atoms with Crippen molar-refractivity contribution in [2.24, 2.45) is 27.1 Å². The predicted molar refractivity (Wildman–Crippen MR) is 268 cm³/mol. The van der Waals surface area contributed by atoms with E-state index in [0.717, 1.165) is 32.3 Å². The minimum Gasteiger partial charge on any atom is -0.396 e. The first-order valence-corrected chi connectivity index (χ1v) is 23.1. The molecule has 18 N–H and O–H groups in total. The van der Waals surface area contributed by atoms with E-state index in [2.05, 4.69) is 0 Å². The van der Waals surface area contributed by atoms with Gasteiger partial charge in [-0.1, -0.05) is 70.2 Å². The molecule has 0 saturated carbocycles. The summed E-state index contributed by atoms with van der Waals surface area (Å²) in [5.74, 6) is 0. The molecule has 0 saturated heterocycles. The summed E-state index contributed by atoms with van der Waals surface area (Å²) in [5, 5.41) is 154. The van der Waals surface area contributed by atoms with Crippen molar-refractivity contribution < 1.29 is 106 Å². The van der Waals surface area contributed by atoms with E-state index in [4.69, 9.17) is 95.9 Å². The average Bonchev–Trinajstić information content (AvgIpc) is 3.38. The second kappa shape index (κ2) is 66.2. The highest BCUT2D eigenvalue weighted by Crippen LogP contribution is 2.24. The van der Waals surface area contributed by atoms with Crippen LogP contribution in [0.3, 0.4) is 0 Å². The van der Waals surface area contributed by atoms with E-state index in [1.54, 1.807) is 0 Å². The number of ether oxygens (including phenoxy) is 3.